The van der Waals surface area contributed by atoms with Gasteiger partial charge in [-0.1, -0.05) is 67.9 Å². The fraction of sp³-hybridized carbons (Fsp3) is 0.294. The van der Waals surface area contributed by atoms with E-state index < -0.39 is 6.10 Å². The number of hydrogen-bond donors (Lipinski definition) is 1. The first-order valence-electron chi connectivity index (χ1n) is 6.63. The molecule has 0 radical (unpaired) electrons. The monoisotopic (exact) mass is 240 g/mol. The number of rotatable bonds is 5. The summed E-state index contributed by atoms with van der Waals surface area (Å²) >= 11 is 0. The molecule has 0 saturated carbocycles. The number of aryl methyl sites for hydroxylation is 1. The number of aliphatic hydroxyl groups excluding tert-OH is 1. The molecule has 0 heterocycles. The van der Waals surface area contributed by atoms with E-state index in [-0.39, 0.29) is 0 Å². The van der Waals surface area contributed by atoms with Crippen LogP contribution >= 0.6 is 0 Å². The highest BCUT2D eigenvalue weighted by Crippen LogP contribution is 2.25. The second kappa shape index (κ2) is 6.36. The predicted octanol–water partition coefficient (Wildman–Crippen LogP) is 4.11. The molecule has 1 heteroatoms. The highest BCUT2D eigenvalue weighted by Gasteiger charge is 2.13. The van der Waals surface area contributed by atoms with Crippen molar-refractivity contribution in [1.29, 1.82) is 0 Å². The number of unbranched alkanes of at least 4 members (excludes halogenated alkanes) is 1. The molecule has 0 bridgehead atoms. The van der Waals surface area contributed by atoms with Gasteiger partial charge in [0.2, 0.25) is 0 Å². The topological polar surface area (TPSA) is 20.2 Å². The third-order valence-electron chi connectivity index (χ3n) is 3.26. The summed E-state index contributed by atoms with van der Waals surface area (Å²) in [6.45, 7) is 2.19. The summed E-state index contributed by atoms with van der Waals surface area (Å²) in [5.41, 5.74) is 3.26. The van der Waals surface area contributed by atoms with Gasteiger partial charge >= 0.3 is 0 Å². The molecule has 0 aliphatic carbocycles. The predicted molar refractivity (Wildman–Crippen MR) is 75.6 cm³/mol. The second-order valence-electron chi connectivity index (χ2n) is 4.62. The normalized spacial score (nSPS) is 12.3. The molecule has 0 aromatic heterocycles. The molecule has 0 spiro atoms. The maximum Gasteiger partial charge on any atom is 0.104 e. The van der Waals surface area contributed by atoms with Gasteiger partial charge in [-0.25, -0.2) is 0 Å². The van der Waals surface area contributed by atoms with Crippen molar-refractivity contribution < 1.29 is 5.11 Å². The van der Waals surface area contributed by atoms with Crippen LogP contribution in [0.1, 0.15) is 42.6 Å². The highest BCUT2D eigenvalue weighted by atomic mass is 16.3. The van der Waals surface area contributed by atoms with Crippen LogP contribution in [0.5, 0.6) is 0 Å². The Balaban J connectivity index is 2.27. The van der Waals surface area contributed by atoms with Crippen molar-refractivity contribution in [1.82, 2.24) is 0 Å². The van der Waals surface area contributed by atoms with Crippen LogP contribution in [-0.4, -0.2) is 5.11 Å². The first-order valence-corrected chi connectivity index (χ1v) is 6.63. The van der Waals surface area contributed by atoms with Crippen molar-refractivity contribution in [2.75, 3.05) is 0 Å². The maximum atomic E-state index is 10.5. The smallest absolute Gasteiger partial charge is 0.104 e. The first kappa shape index (κ1) is 12.8. The molecule has 18 heavy (non-hydrogen) atoms. The van der Waals surface area contributed by atoms with Gasteiger partial charge < -0.3 is 5.11 Å². The minimum absolute atomic E-state index is 0.515. The minimum Gasteiger partial charge on any atom is -0.384 e. The van der Waals surface area contributed by atoms with Gasteiger partial charge in [-0.2, -0.15) is 0 Å². The first-order chi connectivity index (χ1) is 8.83. The van der Waals surface area contributed by atoms with E-state index in [4.69, 9.17) is 0 Å². The lowest BCUT2D eigenvalue weighted by atomic mass is 9.94. The van der Waals surface area contributed by atoms with Crippen LogP contribution in [0.25, 0.3) is 0 Å². The van der Waals surface area contributed by atoms with Crippen molar-refractivity contribution in [3.05, 3.63) is 71.3 Å². The molecule has 0 aliphatic rings. The fourth-order valence-electron chi connectivity index (χ4n) is 2.21. The van der Waals surface area contributed by atoms with Crippen molar-refractivity contribution in [3.8, 4) is 0 Å². The van der Waals surface area contributed by atoms with Crippen LogP contribution in [0.3, 0.4) is 0 Å². The zero-order valence-corrected chi connectivity index (χ0v) is 10.8. The Morgan fingerprint density at radius 1 is 0.944 bits per heavy atom. The van der Waals surface area contributed by atoms with E-state index in [9.17, 15) is 5.11 Å². The van der Waals surface area contributed by atoms with E-state index in [1.807, 2.05) is 48.5 Å². The van der Waals surface area contributed by atoms with Crippen molar-refractivity contribution >= 4 is 0 Å². The lowest BCUT2D eigenvalue weighted by Gasteiger charge is -2.15. The van der Waals surface area contributed by atoms with E-state index in [1.54, 1.807) is 0 Å². The van der Waals surface area contributed by atoms with Gasteiger partial charge in [0.05, 0.1) is 0 Å². The number of aliphatic hydroxyl groups is 1. The van der Waals surface area contributed by atoms with Crippen molar-refractivity contribution in [2.45, 2.75) is 32.3 Å². The van der Waals surface area contributed by atoms with Gasteiger partial charge in [0.1, 0.15) is 6.10 Å². The Labute approximate surface area is 109 Å². The average Bonchev–Trinajstić information content (AvgIpc) is 2.45. The fourth-order valence-corrected chi connectivity index (χ4v) is 2.21. The molecule has 2 aromatic rings. The lowest BCUT2D eigenvalue weighted by Crippen LogP contribution is -2.03. The lowest BCUT2D eigenvalue weighted by molar-refractivity contribution is 0.219. The number of benzene rings is 2. The molecule has 2 rings (SSSR count). The summed E-state index contributed by atoms with van der Waals surface area (Å²) in [5.74, 6) is 0. The quantitative estimate of drug-likeness (QED) is 0.833. The number of hydrogen-bond acceptors (Lipinski definition) is 1. The summed E-state index contributed by atoms with van der Waals surface area (Å²) in [6, 6.07) is 18.0. The van der Waals surface area contributed by atoms with Gasteiger partial charge in [0, 0.05) is 0 Å². The second-order valence-corrected chi connectivity index (χ2v) is 4.62. The van der Waals surface area contributed by atoms with Crippen LogP contribution in [0, 0.1) is 0 Å². The van der Waals surface area contributed by atoms with E-state index in [2.05, 4.69) is 13.0 Å². The molecule has 94 valence electrons. The van der Waals surface area contributed by atoms with E-state index in [1.165, 1.54) is 18.4 Å². The molecule has 1 atom stereocenters. The summed E-state index contributed by atoms with van der Waals surface area (Å²) in [4.78, 5) is 0. The third kappa shape index (κ3) is 2.99. The van der Waals surface area contributed by atoms with Crippen LogP contribution in [-0.2, 0) is 6.42 Å². The van der Waals surface area contributed by atoms with Crippen LogP contribution in [0.2, 0.25) is 0 Å². The highest BCUT2D eigenvalue weighted by molar-refractivity contribution is 5.35. The van der Waals surface area contributed by atoms with E-state index >= 15 is 0 Å². The van der Waals surface area contributed by atoms with Crippen LogP contribution in [0.15, 0.2) is 54.6 Å². The van der Waals surface area contributed by atoms with Gasteiger partial charge in [0.25, 0.3) is 0 Å². The van der Waals surface area contributed by atoms with Crippen molar-refractivity contribution in [2.24, 2.45) is 0 Å². The molecule has 0 amide bonds. The average molecular weight is 240 g/mol. The zero-order valence-electron chi connectivity index (χ0n) is 10.8. The van der Waals surface area contributed by atoms with Gasteiger partial charge in [0.15, 0.2) is 0 Å². The van der Waals surface area contributed by atoms with Crippen molar-refractivity contribution in [3.63, 3.8) is 0 Å². The molecule has 1 nitrogen and oxygen atoms in total. The summed E-state index contributed by atoms with van der Waals surface area (Å²) in [5, 5.41) is 10.5. The molecule has 0 aliphatic heterocycles. The standard InChI is InChI=1S/C17H20O/c1-2-3-9-14-10-7-8-13-16(14)17(18)15-11-5-4-6-12-15/h4-8,10-13,17-18H,2-3,9H2,1H3/t17-/m0/s1. The Kier molecular flexibility index (Phi) is 4.54. The van der Waals surface area contributed by atoms with Gasteiger partial charge in [-0.15, -0.1) is 0 Å². The molecule has 0 saturated heterocycles. The minimum atomic E-state index is -0.515. The maximum absolute atomic E-state index is 10.5. The van der Waals surface area contributed by atoms with Crippen LogP contribution < -0.4 is 0 Å². The Hall–Kier alpha value is -1.60. The van der Waals surface area contributed by atoms with Gasteiger partial charge in [-0.05, 0) is 29.5 Å². The third-order valence-corrected chi connectivity index (χ3v) is 3.26. The summed E-state index contributed by atoms with van der Waals surface area (Å²) < 4.78 is 0. The van der Waals surface area contributed by atoms with E-state index in [0.29, 0.717) is 0 Å². The Morgan fingerprint density at radius 3 is 2.33 bits per heavy atom. The molecule has 2 aromatic carbocycles. The molecular formula is C17H20O. The molecule has 0 unspecified atom stereocenters. The molecule has 0 fully saturated rings. The van der Waals surface area contributed by atoms with Gasteiger partial charge in [-0.3, -0.25) is 0 Å². The summed E-state index contributed by atoms with van der Waals surface area (Å²) in [7, 11) is 0. The van der Waals surface area contributed by atoms with E-state index in [0.717, 1.165) is 17.5 Å². The largest absolute Gasteiger partial charge is 0.384 e. The SMILES string of the molecule is CCCCc1ccccc1[C@@H](O)c1ccccc1. The Bertz CT molecular complexity index is 476. The van der Waals surface area contributed by atoms with Crippen LogP contribution in [0.4, 0.5) is 0 Å². The molecule has 1 N–H and O–H groups in total. The summed E-state index contributed by atoms with van der Waals surface area (Å²) in [6.07, 6.45) is 2.87. The Morgan fingerprint density at radius 2 is 1.61 bits per heavy atom. The molecular weight excluding hydrogens is 220 g/mol. The zero-order chi connectivity index (χ0) is 12.8.